The van der Waals surface area contributed by atoms with E-state index in [1.165, 1.54) is 11.3 Å². The zero-order valence-corrected chi connectivity index (χ0v) is 21.6. The Balaban J connectivity index is 1.46. The number of thiazole rings is 1. The minimum atomic E-state index is -0.563. The monoisotopic (exact) mass is 525 g/mol. The van der Waals surface area contributed by atoms with Gasteiger partial charge in [0.1, 0.15) is 4.88 Å². The van der Waals surface area contributed by atoms with E-state index in [0.717, 1.165) is 29.7 Å². The molecule has 0 saturated heterocycles. The van der Waals surface area contributed by atoms with Crippen LogP contribution in [0.3, 0.4) is 0 Å². The van der Waals surface area contributed by atoms with Gasteiger partial charge in [-0.05, 0) is 55.2 Å². The molecule has 0 spiro atoms. The van der Waals surface area contributed by atoms with Gasteiger partial charge in [0.2, 0.25) is 5.91 Å². The Kier molecular flexibility index (Phi) is 7.19. The lowest BCUT2D eigenvalue weighted by atomic mass is 10.1. The van der Waals surface area contributed by atoms with E-state index in [9.17, 15) is 14.4 Å². The quantitative estimate of drug-likeness (QED) is 0.250. The van der Waals surface area contributed by atoms with Crippen LogP contribution >= 0.6 is 11.3 Å². The van der Waals surface area contributed by atoms with Gasteiger partial charge in [-0.1, -0.05) is 59.9 Å². The average molecular weight is 526 g/mol. The molecule has 1 aliphatic rings. The number of aryl methyl sites for hydroxylation is 1. The second-order valence-corrected chi connectivity index (χ2v) is 10.2. The van der Waals surface area contributed by atoms with Gasteiger partial charge >= 0.3 is 0 Å². The summed E-state index contributed by atoms with van der Waals surface area (Å²) < 4.78 is 0. The number of nitrogens with two attached hydrogens (primary N) is 1. The number of anilines is 2. The molecule has 8 nitrogen and oxygen atoms in total. The third kappa shape index (κ3) is 5.90. The SMILES string of the molecule is Cc1ccc(C(=O)NC2CC2)cc1Nc1nc(-c2cccc(C(N)=O)c2)c(C(=O)NCc2ccccc2)s1. The lowest BCUT2D eigenvalue weighted by molar-refractivity contribution is 0.0944. The van der Waals surface area contributed by atoms with Crippen molar-refractivity contribution in [3.8, 4) is 11.3 Å². The number of nitrogens with one attached hydrogen (secondary N) is 3. The zero-order valence-electron chi connectivity index (χ0n) is 20.8. The van der Waals surface area contributed by atoms with Gasteiger partial charge in [0.05, 0.1) is 5.69 Å². The molecule has 0 radical (unpaired) electrons. The number of benzene rings is 3. The van der Waals surface area contributed by atoms with Crippen LogP contribution in [0.4, 0.5) is 10.8 Å². The Morgan fingerprint density at radius 2 is 1.74 bits per heavy atom. The first-order valence-electron chi connectivity index (χ1n) is 12.3. The topological polar surface area (TPSA) is 126 Å². The molecule has 0 bridgehead atoms. The molecule has 1 fully saturated rings. The molecule has 3 aromatic carbocycles. The van der Waals surface area contributed by atoms with Crippen molar-refractivity contribution in [2.75, 3.05) is 5.32 Å². The van der Waals surface area contributed by atoms with E-state index in [-0.39, 0.29) is 17.9 Å². The van der Waals surface area contributed by atoms with E-state index < -0.39 is 5.91 Å². The molecule has 0 aliphatic heterocycles. The van der Waals surface area contributed by atoms with Gasteiger partial charge in [-0.25, -0.2) is 4.98 Å². The van der Waals surface area contributed by atoms with E-state index in [1.54, 1.807) is 36.4 Å². The van der Waals surface area contributed by atoms with Crippen molar-refractivity contribution >= 4 is 39.9 Å². The molecular weight excluding hydrogens is 498 g/mol. The maximum Gasteiger partial charge on any atom is 0.264 e. The number of primary amides is 1. The summed E-state index contributed by atoms with van der Waals surface area (Å²) in [6.45, 7) is 2.29. The van der Waals surface area contributed by atoms with E-state index in [0.29, 0.717) is 38.9 Å². The normalized spacial score (nSPS) is 12.6. The maximum absolute atomic E-state index is 13.3. The van der Waals surface area contributed by atoms with Crippen molar-refractivity contribution in [1.29, 1.82) is 0 Å². The summed E-state index contributed by atoms with van der Waals surface area (Å²) in [5.74, 6) is -0.958. The van der Waals surface area contributed by atoms with E-state index in [1.807, 2.05) is 43.3 Å². The van der Waals surface area contributed by atoms with Crippen molar-refractivity contribution < 1.29 is 14.4 Å². The highest BCUT2D eigenvalue weighted by molar-refractivity contribution is 7.18. The number of rotatable bonds is 9. The smallest absolute Gasteiger partial charge is 0.264 e. The number of amides is 3. The van der Waals surface area contributed by atoms with Gasteiger partial charge in [-0.2, -0.15) is 0 Å². The van der Waals surface area contributed by atoms with Gasteiger partial charge in [-0.3, -0.25) is 14.4 Å². The van der Waals surface area contributed by atoms with Crippen LogP contribution in [0.1, 0.15) is 54.4 Å². The van der Waals surface area contributed by atoms with Crippen LogP contribution in [0.15, 0.2) is 72.8 Å². The number of nitrogens with zero attached hydrogens (tertiary/aromatic N) is 1. The Labute approximate surface area is 224 Å². The van der Waals surface area contributed by atoms with E-state index >= 15 is 0 Å². The average Bonchev–Trinajstić information content (AvgIpc) is 3.64. The second-order valence-electron chi connectivity index (χ2n) is 9.21. The minimum Gasteiger partial charge on any atom is -0.366 e. The molecule has 5 rings (SSSR count). The van der Waals surface area contributed by atoms with Crippen molar-refractivity contribution in [2.45, 2.75) is 32.4 Å². The Morgan fingerprint density at radius 3 is 2.47 bits per heavy atom. The lowest BCUT2D eigenvalue weighted by Gasteiger charge is -2.10. The summed E-state index contributed by atoms with van der Waals surface area (Å²) in [6.07, 6.45) is 2.02. The first-order chi connectivity index (χ1) is 18.4. The summed E-state index contributed by atoms with van der Waals surface area (Å²) in [5.41, 5.74) is 10.0. The number of carbonyl (C=O) groups is 3. The van der Waals surface area contributed by atoms with Crippen molar-refractivity contribution in [1.82, 2.24) is 15.6 Å². The third-order valence-corrected chi connectivity index (χ3v) is 7.17. The fourth-order valence-corrected chi connectivity index (χ4v) is 4.83. The predicted molar refractivity (Wildman–Crippen MR) is 149 cm³/mol. The highest BCUT2D eigenvalue weighted by Gasteiger charge is 2.24. The number of hydrogen-bond acceptors (Lipinski definition) is 6. The molecule has 1 saturated carbocycles. The molecule has 5 N–H and O–H groups in total. The fraction of sp³-hybridized carbons (Fsp3) is 0.172. The molecule has 3 amide bonds. The minimum absolute atomic E-state index is 0.111. The van der Waals surface area contributed by atoms with Crippen LogP contribution in [0.25, 0.3) is 11.3 Å². The second kappa shape index (κ2) is 10.9. The molecule has 4 aromatic rings. The molecule has 192 valence electrons. The Hall–Kier alpha value is -4.50. The summed E-state index contributed by atoms with van der Waals surface area (Å²) in [5, 5.41) is 9.73. The summed E-state index contributed by atoms with van der Waals surface area (Å²) in [6, 6.07) is 22.1. The molecule has 38 heavy (non-hydrogen) atoms. The van der Waals surface area contributed by atoms with Gasteiger partial charge in [0.15, 0.2) is 5.13 Å². The molecule has 1 aromatic heterocycles. The van der Waals surface area contributed by atoms with Crippen LogP contribution < -0.4 is 21.7 Å². The number of carbonyl (C=O) groups excluding carboxylic acids is 3. The van der Waals surface area contributed by atoms with E-state index in [4.69, 9.17) is 10.7 Å². The number of aromatic nitrogens is 1. The molecular formula is C29H27N5O3S. The molecule has 0 atom stereocenters. The lowest BCUT2D eigenvalue weighted by Crippen LogP contribution is -2.25. The van der Waals surface area contributed by atoms with Crippen LogP contribution in [-0.2, 0) is 6.54 Å². The molecule has 0 unspecified atom stereocenters. The van der Waals surface area contributed by atoms with E-state index in [2.05, 4.69) is 16.0 Å². The van der Waals surface area contributed by atoms with Crippen molar-refractivity contribution in [3.63, 3.8) is 0 Å². The van der Waals surface area contributed by atoms with Crippen LogP contribution in [0, 0.1) is 6.92 Å². The molecule has 9 heteroatoms. The summed E-state index contributed by atoms with van der Waals surface area (Å²) >= 11 is 1.20. The fourth-order valence-electron chi connectivity index (χ4n) is 3.91. The maximum atomic E-state index is 13.3. The largest absolute Gasteiger partial charge is 0.366 e. The van der Waals surface area contributed by atoms with Crippen molar-refractivity contribution in [3.05, 3.63) is 99.9 Å². The number of hydrogen-bond donors (Lipinski definition) is 4. The van der Waals surface area contributed by atoms with Gasteiger partial charge in [0, 0.05) is 35.0 Å². The van der Waals surface area contributed by atoms with Gasteiger partial charge < -0.3 is 21.7 Å². The standard InChI is InChI=1S/C29H27N5O3S/c1-17-10-11-21(27(36)32-22-12-13-22)15-23(17)33-29-34-24(19-8-5-9-20(14-19)26(30)35)25(38-29)28(37)31-16-18-6-3-2-4-7-18/h2-11,14-15,22H,12-13,16H2,1H3,(H2,30,35)(H,31,37)(H,32,36)(H,33,34). The van der Waals surface area contributed by atoms with Gasteiger partial charge in [-0.15, -0.1) is 0 Å². The molecule has 1 aliphatic carbocycles. The van der Waals surface area contributed by atoms with Crippen LogP contribution in [0.5, 0.6) is 0 Å². The first-order valence-corrected chi connectivity index (χ1v) is 13.1. The highest BCUT2D eigenvalue weighted by Crippen LogP contribution is 2.34. The summed E-state index contributed by atoms with van der Waals surface area (Å²) in [7, 11) is 0. The third-order valence-electron chi connectivity index (χ3n) is 6.20. The van der Waals surface area contributed by atoms with Crippen molar-refractivity contribution in [2.24, 2.45) is 5.73 Å². The summed E-state index contributed by atoms with van der Waals surface area (Å²) in [4.78, 5) is 42.8. The first kappa shape index (κ1) is 25.2. The highest BCUT2D eigenvalue weighted by atomic mass is 32.1. The molecule has 1 heterocycles. The Morgan fingerprint density at radius 1 is 0.947 bits per heavy atom. The zero-order chi connectivity index (χ0) is 26.6. The van der Waals surface area contributed by atoms with Gasteiger partial charge in [0.25, 0.3) is 11.8 Å². The van der Waals surface area contributed by atoms with Crippen LogP contribution in [0.2, 0.25) is 0 Å². The van der Waals surface area contributed by atoms with Crippen LogP contribution in [-0.4, -0.2) is 28.7 Å². The Bertz CT molecular complexity index is 1510. The predicted octanol–water partition coefficient (Wildman–Crippen LogP) is 4.78.